The van der Waals surface area contributed by atoms with E-state index in [4.69, 9.17) is 4.74 Å². The normalized spacial score (nSPS) is 34.1. The Morgan fingerprint density at radius 3 is 2.75 bits per heavy atom. The van der Waals surface area contributed by atoms with E-state index in [0.29, 0.717) is 24.3 Å². The lowest BCUT2D eigenvalue weighted by molar-refractivity contribution is -0.200. The Morgan fingerprint density at radius 2 is 1.97 bits per heavy atom. The first-order valence-electron chi connectivity index (χ1n) is 13.3. The number of piperidine rings is 1. The largest absolute Gasteiger partial charge is 0.504 e. The molecule has 6 nitrogen and oxygen atoms in total. The third-order valence-corrected chi connectivity index (χ3v) is 10.7. The average Bonchev–Trinajstić information content (AvgIpc) is 3.63. The predicted octanol–water partition coefficient (Wildman–Crippen LogP) is 3.58. The van der Waals surface area contributed by atoms with Crippen molar-refractivity contribution in [2.24, 2.45) is 5.92 Å². The maximum absolute atomic E-state index is 13.4. The highest BCUT2D eigenvalue weighted by Gasteiger charge is 2.73. The van der Waals surface area contributed by atoms with Crippen molar-refractivity contribution in [3.8, 4) is 11.5 Å². The first kappa shape index (κ1) is 22.9. The molecule has 7 heteroatoms. The number of hydrogen-bond donors (Lipinski definition) is 2. The van der Waals surface area contributed by atoms with Gasteiger partial charge in [0.1, 0.15) is 6.10 Å². The molecule has 3 fully saturated rings. The zero-order chi connectivity index (χ0) is 24.7. The van der Waals surface area contributed by atoms with Crippen LogP contribution in [-0.2, 0) is 16.6 Å². The standard InChI is InChI=1S/C29H34N2O4S/c1-30(24(33)17-36-20-5-3-2-4-6-20)21-11-12-29(34)23-15-19-9-10-22(32)26-25(19)28(29,27(21)35-26)13-14-31(23)16-18-7-8-18/h2-6,9-10,18,21,23,27,32,34H,7-8,11-17H2,1H3/t21-,23-,27+,28+,29-/m1/s1. The Morgan fingerprint density at radius 1 is 1.17 bits per heavy atom. The minimum atomic E-state index is -0.921. The minimum absolute atomic E-state index is 0.0523. The molecule has 5 aliphatic rings. The van der Waals surface area contributed by atoms with Gasteiger partial charge in [-0.1, -0.05) is 24.3 Å². The van der Waals surface area contributed by atoms with Crippen molar-refractivity contribution >= 4 is 17.7 Å². The zero-order valence-corrected chi connectivity index (χ0v) is 21.5. The fraction of sp³-hybridized carbons (Fsp3) is 0.552. The summed E-state index contributed by atoms with van der Waals surface area (Å²) in [7, 11) is 1.88. The number of amides is 1. The highest BCUT2D eigenvalue weighted by molar-refractivity contribution is 8.00. The first-order valence-corrected chi connectivity index (χ1v) is 14.3. The van der Waals surface area contributed by atoms with Crippen LogP contribution in [0.3, 0.4) is 0 Å². The number of likely N-dealkylation sites (N-methyl/N-ethyl adjacent to an activating group) is 1. The van der Waals surface area contributed by atoms with E-state index in [1.165, 1.54) is 18.4 Å². The van der Waals surface area contributed by atoms with Gasteiger partial charge in [0.2, 0.25) is 5.91 Å². The Kier molecular flexibility index (Phi) is 5.19. The lowest BCUT2D eigenvalue weighted by Crippen LogP contribution is -2.78. The number of carbonyl (C=O) groups is 1. The van der Waals surface area contributed by atoms with Crippen molar-refractivity contribution in [3.05, 3.63) is 53.6 Å². The number of phenolic OH excluding ortho intramolecular Hbond substituents is 1. The Bertz CT molecular complexity index is 1200. The van der Waals surface area contributed by atoms with Crippen LogP contribution in [-0.4, -0.2) is 75.6 Å². The second kappa shape index (κ2) is 8.14. The Labute approximate surface area is 216 Å². The molecule has 2 bridgehead atoms. The number of benzene rings is 2. The lowest BCUT2D eigenvalue weighted by atomic mass is 9.48. The molecule has 0 radical (unpaired) electrons. The van der Waals surface area contributed by atoms with Crippen LogP contribution >= 0.6 is 11.8 Å². The number of likely N-dealkylation sites (tertiary alicyclic amines) is 1. The molecule has 190 valence electrons. The van der Waals surface area contributed by atoms with Crippen LogP contribution in [0.25, 0.3) is 0 Å². The zero-order valence-electron chi connectivity index (χ0n) is 20.7. The van der Waals surface area contributed by atoms with E-state index in [0.717, 1.165) is 42.3 Å². The van der Waals surface area contributed by atoms with Gasteiger partial charge in [0.15, 0.2) is 11.5 Å². The molecular formula is C29H34N2O4S. The van der Waals surface area contributed by atoms with Crippen LogP contribution in [0.4, 0.5) is 0 Å². The lowest BCUT2D eigenvalue weighted by Gasteiger charge is -2.64. The van der Waals surface area contributed by atoms with Crippen LogP contribution in [0.1, 0.15) is 43.2 Å². The molecule has 2 heterocycles. The number of thioether (sulfide) groups is 1. The minimum Gasteiger partial charge on any atom is -0.504 e. The molecule has 3 aliphatic carbocycles. The number of carbonyl (C=O) groups excluding carboxylic acids is 1. The van der Waals surface area contributed by atoms with Gasteiger partial charge in [-0.05, 0) is 74.8 Å². The van der Waals surface area contributed by atoms with Crippen molar-refractivity contribution in [2.75, 3.05) is 25.9 Å². The van der Waals surface area contributed by atoms with E-state index in [2.05, 4.69) is 4.90 Å². The molecule has 2 aromatic rings. The van der Waals surface area contributed by atoms with Gasteiger partial charge in [0.25, 0.3) is 0 Å². The second-order valence-electron chi connectivity index (χ2n) is 11.5. The number of aromatic hydroxyl groups is 1. The fourth-order valence-electron chi connectivity index (χ4n) is 7.80. The van der Waals surface area contributed by atoms with Crippen LogP contribution in [0.2, 0.25) is 0 Å². The average molecular weight is 507 g/mol. The highest BCUT2D eigenvalue weighted by atomic mass is 32.2. The quantitative estimate of drug-likeness (QED) is 0.584. The van der Waals surface area contributed by atoms with Gasteiger partial charge in [-0.25, -0.2) is 0 Å². The summed E-state index contributed by atoms with van der Waals surface area (Å²) in [4.78, 5) is 18.8. The topological polar surface area (TPSA) is 73.2 Å². The summed E-state index contributed by atoms with van der Waals surface area (Å²) >= 11 is 1.55. The van der Waals surface area contributed by atoms with E-state index >= 15 is 0 Å². The third-order valence-electron chi connectivity index (χ3n) is 9.73. The van der Waals surface area contributed by atoms with Gasteiger partial charge in [-0.15, -0.1) is 11.8 Å². The molecule has 2 saturated carbocycles. The molecule has 7 rings (SSSR count). The van der Waals surface area contributed by atoms with E-state index in [-0.39, 0.29) is 29.8 Å². The van der Waals surface area contributed by atoms with Crippen LogP contribution in [0.15, 0.2) is 47.4 Å². The van der Waals surface area contributed by atoms with E-state index in [1.54, 1.807) is 17.8 Å². The van der Waals surface area contributed by atoms with Crippen molar-refractivity contribution in [1.82, 2.24) is 9.80 Å². The van der Waals surface area contributed by atoms with Crippen molar-refractivity contribution in [2.45, 2.75) is 72.6 Å². The molecule has 2 aliphatic heterocycles. The van der Waals surface area contributed by atoms with E-state index in [9.17, 15) is 15.0 Å². The maximum Gasteiger partial charge on any atom is 0.233 e. The molecule has 36 heavy (non-hydrogen) atoms. The van der Waals surface area contributed by atoms with Crippen LogP contribution < -0.4 is 4.74 Å². The van der Waals surface area contributed by atoms with Crippen molar-refractivity contribution < 1.29 is 19.7 Å². The predicted molar refractivity (Wildman–Crippen MR) is 139 cm³/mol. The summed E-state index contributed by atoms with van der Waals surface area (Å²) < 4.78 is 6.62. The highest BCUT2D eigenvalue weighted by Crippen LogP contribution is 2.66. The summed E-state index contributed by atoms with van der Waals surface area (Å²) in [6, 6.07) is 13.7. The summed E-state index contributed by atoms with van der Waals surface area (Å²) in [6.07, 6.45) is 5.14. The van der Waals surface area contributed by atoms with E-state index in [1.807, 2.05) is 48.3 Å². The molecule has 2 N–H and O–H groups in total. The molecule has 2 aromatic carbocycles. The molecular weight excluding hydrogens is 472 g/mol. The van der Waals surface area contributed by atoms with E-state index < -0.39 is 11.0 Å². The van der Waals surface area contributed by atoms with Crippen LogP contribution in [0.5, 0.6) is 11.5 Å². The second-order valence-corrected chi connectivity index (χ2v) is 12.6. The number of ether oxygens (including phenoxy) is 1. The Balaban J connectivity index is 1.23. The molecule has 0 unspecified atom stereocenters. The van der Waals surface area contributed by atoms with Gasteiger partial charge >= 0.3 is 0 Å². The van der Waals surface area contributed by atoms with Crippen molar-refractivity contribution in [3.63, 3.8) is 0 Å². The number of phenols is 1. The first-order chi connectivity index (χ1) is 17.4. The number of nitrogens with zero attached hydrogens (tertiary/aromatic N) is 2. The van der Waals surface area contributed by atoms with Gasteiger partial charge in [-0.2, -0.15) is 0 Å². The number of aliphatic hydroxyl groups is 1. The molecule has 1 spiro atoms. The molecule has 1 amide bonds. The smallest absolute Gasteiger partial charge is 0.233 e. The molecule has 5 atom stereocenters. The van der Waals surface area contributed by atoms with Gasteiger partial charge in [0.05, 0.1) is 22.8 Å². The number of rotatable bonds is 6. The maximum atomic E-state index is 13.4. The van der Waals surface area contributed by atoms with Gasteiger partial charge in [-0.3, -0.25) is 9.69 Å². The van der Waals surface area contributed by atoms with Gasteiger partial charge < -0.3 is 19.8 Å². The SMILES string of the molecule is CN(C(=O)CSc1ccccc1)[C@@H]1CC[C@@]2(O)[C@H]3Cc4ccc(O)c5c4[C@@]2(CCN3CC2CC2)[C@H]1O5. The fourth-order valence-corrected chi connectivity index (χ4v) is 8.64. The molecule has 1 saturated heterocycles. The number of hydrogen-bond acceptors (Lipinski definition) is 6. The van der Waals surface area contributed by atoms with Gasteiger partial charge in [0, 0.05) is 30.1 Å². The summed E-state index contributed by atoms with van der Waals surface area (Å²) in [5.74, 6) is 1.88. The van der Waals surface area contributed by atoms with Crippen LogP contribution in [0, 0.1) is 5.92 Å². The monoisotopic (exact) mass is 506 g/mol. The summed E-state index contributed by atoms with van der Waals surface area (Å²) in [5.41, 5.74) is 0.690. The third kappa shape index (κ3) is 3.15. The Hall–Kier alpha value is -2.22. The summed E-state index contributed by atoms with van der Waals surface area (Å²) in [6.45, 7) is 1.99. The molecule has 0 aromatic heterocycles. The summed E-state index contributed by atoms with van der Waals surface area (Å²) in [5, 5.41) is 23.4. The van der Waals surface area contributed by atoms with Crippen molar-refractivity contribution in [1.29, 1.82) is 0 Å².